The summed E-state index contributed by atoms with van der Waals surface area (Å²) in [5.74, 6) is -1.86. The maximum Gasteiger partial charge on any atom is 0.344 e. The van der Waals surface area contributed by atoms with Gasteiger partial charge in [-0.05, 0) is 24.3 Å². The van der Waals surface area contributed by atoms with Crippen molar-refractivity contribution in [1.29, 1.82) is 5.26 Å². The lowest BCUT2D eigenvalue weighted by molar-refractivity contribution is -0.144. The molecule has 116 valence electrons. The molecule has 0 saturated carbocycles. The number of halogens is 1. The lowest BCUT2D eigenvalue weighted by Crippen LogP contribution is -2.20. The number of carbonyl (C=O) groups excluding carboxylic acids is 2. The number of ketones is 1. The van der Waals surface area contributed by atoms with Gasteiger partial charge >= 0.3 is 5.97 Å². The van der Waals surface area contributed by atoms with Crippen LogP contribution in [0.3, 0.4) is 0 Å². The molecular formula is C17H12FNO4. The van der Waals surface area contributed by atoms with Crippen molar-refractivity contribution in [3.63, 3.8) is 0 Å². The minimum Gasteiger partial charge on any atom is -0.481 e. The molecular weight excluding hydrogens is 301 g/mol. The molecule has 5 nitrogen and oxygen atoms in total. The first-order chi connectivity index (χ1) is 11.1. The van der Waals surface area contributed by atoms with Crippen molar-refractivity contribution < 1.29 is 23.5 Å². The first-order valence-corrected chi connectivity index (χ1v) is 6.67. The number of hydrogen-bond donors (Lipinski definition) is 0. The molecule has 0 saturated heterocycles. The third-order valence-corrected chi connectivity index (χ3v) is 2.89. The van der Waals surface area contributed by atoms with Crippen LogP contribution in [0.25, 0.3) is 0 Å². The predicted molar refractivity (Wildman–Crippen MR) is 78.3 cm³/mol. The van der Waals surface area contributed by atoms with Gasteiger partial charge in [0.2, 0.25) is 5.78 Å². The van der Waals surface area contributed by atoms with Gasteiger partial charge in [0.05, 0.1) is 11.1 Å². The molecule has 0 aromatic heterocycles. The summed E-state index contributed by atoms with van der Waals surface area (Å²) >= 11 is 0. The quantitative estimate of drug-likeness (QED) is 0.605. The van der Waals surface area contributed by atoms with Crippen LogP contribution < -0.4 is 4.74 Å². The van der Waals surface area contributed by atoms with E-state index in [-0.39, 0.29) is 16.9 Å². The SMILES string of the molecule is N#Cc1ccccc1OCC(=O)OCC(=O)c1ccccc1F. The van der Waals surface area contributed by atoms with Crippen molar-refractivity contribution in [3.05, 3.63) is 65.5 Å². The number of nitriles is 1. The summed E-state index contributed by atoms with van der Waals surface area (Å²) in [7, 11) is 0. The highest BCUT2D eigenvalue weighted by atomic mass is 19.1. The van der Waals surface area contributed by atoms with Gasteiger partial charge in [-0.15, -0.1) is 0 Å². The minimum atomic E-state index is -0.789. The van der Waals surface area contributed by atoms with Crippen LogP contribution in [0, 0.1) is 17.1 Å². The zero-order valence-corrected chi connectivity index (χ0v) is 12.0. The Hall–Kier alpha value is -3.20. The Morgan fingerprint density at radius 3 is 2.48 bits per heavy atom. The Morgan fingerprint density at radius 2 is 1.74 bits per heavy atom. The second kappa shape index (κ2) is 7.71. The number of Topliss-reactive ketones (excluding diaryl/α,β-unsaturated/α-hetero) is 1. The van der Waals surface area contributed by atoms with E-state index in [9.17, 15) is 14.0 Å². The Bertz CT molecular complexity index is 767. The summed E-state index contributed by atoms with van der Waals surface area (Å²) in [6.07, 6.45) is 0. The van der Waals surface area contributed by atoms with Crippen molar-refractivity contribution >= 4 is 11.8 Å². The smallest absolute Gasteiger partial charge is 0.344 e. The summed E-state index contributed by atoms with van der Waals surface area (Å²) in [5, 5.41) is 8.89. The predicted octanol–water partition coefficient (Wildman–Crippen LogP) is 2.50. The van der Waals surface area contributed by atoms with Gasteiger partial charge in [-0.2, -0.15) is 5.26 Å². The molecule has 0 unspecified atom stereocenters. The summed E-state index contributed by atoms with van der Waals surface area (Å²) in [6, 6.07) is 13.8. The van der Waals surface area contributed by atoms with E-state index in [2.05, 4.69) is 0 Å². The topological polar surface area (TPSA) is 76.4 Å². The lowest BCUT2D eigenvalue weighted by Gasteiger charge is -2.08. The zero-order chi connectivity index (χ0) is 16.7. The summed E-state index contributed by atoms with van der Waals surface area (Å²) in [6.45, 7) is -1.04. The zero-order valence-electron chi connectivity index (χ0n) is 12.0. The molecule has 0 radical (unpaired) electrons. The van der Waals surface area contributed by atoms with Crippen LogP contribution in [0.4, 0.5) is 4.39 Å². The van der Waals surface area contributed by atoms with E-state index in [0.29, 0.717) is 0 Å². The molecule has 6 heteroatoms. The molecule has 0 fully saturated rings. The number of benzene rings is 2. The highest BCUT2D eigenvalue weighted by Crippen LogP contribution is 2.16. The Kier molecular flexibility index (Phi) is 5.42. The number of nitrogens with zero attached hydrogens (tertiary/aromatic N) is 1. The van der Waals surface area contributed by atoms with Crippen LogP contribution in [-0.4, -0.2) is 25.0 Å². The van der Waals surface area contributed by atoms with Gasteiger partial charge in [-0.3, -0.25) is 4.79 Å². The third kappa shape index (κ3) is 4.38. The maximum absolute atomic E-state index is 13.4. The fraction of sp³-hybridized carbons (Fsp3) is 0.118. The van der Waals surface area contributed by atoms with Crippen molar-refractivity contribution in [1.82, 2.24) is 0 Å². The molecule has 2 aromatic rings. The van der Waals surface area contributed by atoms with E-state index in [0.717, 1.165) is 6.07 Å². The van der Waals surface area contributed by atoms with Crippen LogP contribution in [0.2, 0.25) is 0 Å². The van der Waals surface area contributed by atoms with E-state index in [1.807, 2.05) is 6.07 Å². The van der Waals surface area contributed by atoms with Crippen molar-refractivity contribution in [2.75, 3.05) is 13.2 Å². The van der Waals surface area contributed by atoms with Crippen LogP contribution >= 0.6 is 0 Å². The summed E-state index contributed by atoms with van der Waals surface area (Å²) < 4.78 is 23.3. The minimum absolute atomic E-state index is 0.143. The van der Waals surface area contributed by atoms with Gasteiger partial charge in [-0.25, -0.2) is 9.18 Å². The second-order valence-electron chi connectivity index (χ2n) is 4.46. The summed E-state index contributed by atoms with van der Waals surface area (Å²) in [5.41, 5.74) is 0.138. The van der Waals surface area contributed by atoms with E-state index in [1.54, 1.807) is 18.2 Å². The van der Waals surface area contributed by atoms with E-state index in [4.69, 9.17) is 14.7 Å². The number of hydrogen-bond acceptors (Lipinski definition) is 5. The van der Waals surface area contributed by atoms with E-state index >= 15 is 0 Å². The van der Waals surface area contributed by atoms with Gasteiger partial charge in [0.15, 0.2) is 13.2 Å². The molecule has 0 atom stereocenters. The van der Waals surface area contributed by atoms with E-state index in [1.165, 1.54) is 24.3 Å². The van der Waals surface area contributed by atoms with Gasteiger partial charge in [-0.1, -0.05) is 24.3 Å². The number of ether oxygens (including phenoxy) is 2. The Labute approximate surface area is 131 Å². The normalized spacial score (nSPS) is 9.74. The second-order valence-corrected chi connectivity index (χ2v) is 4.46. The third-order valence-electron chi connectivity index (χ3n) is 2.89. The monoisotopic (exact) mass is 313 g/mol. The number of para-hydroxylation sites is 1. The molecule has 0 heterocycles. The molecule has 0 N–H and O–H groups in total. The Morgan fingerprint density at radius 1 is 1.04 bits per heavy atom. The average Bonchev–Trinajstić information content (AvgIpc) is 2.58. The molecule has 0 spiro atoms. The first kappa shape index (κ1) is 16.2. The van der Waals surface area contributed by atoms with Crippen LogP contribution in [-0.2, 0) is 9.53 Å². The van der Waals surface area contributed by atoms with Crippen molar-refractivity contribution in [2.45, 2.75) is 0 Å². The fourth-order valence-corrected chi connectivity index (χ4v) is 1.77. The van der Waals surface area contributed by atoms with Gasteiger partial charge in [0.25, 0.3) is 0 Å². The molecule has 0 amide bonds. The average molecular weight is 313 g/mol. The van der Waals surface area contributed by atoms with Crippen LogP contribution in [0.5, 0.6) is 5.75 Å². The molecule has 0 aliphatic carbocycles. The molecule has 23 heavy (non-hydrogen) atoms. The summed E-state index contributed by atoms with van der Waals surface area (Å²) in [4.78, 5) is 23.3. The van der Waals surface area contributed by atoms with Crippen molar-refractivity contribution in [3.8, 4) is 11.8 Å². The fourth-order valence-electron chi connectivity index (χ4n) is 1.77. The standard InChI is InChI=1S/C17H12FNO4/c18-14-7-3-2-6-13(14)15(20)10-23-17(21)11-22-16-8-4-1-5-12(16)9-19/h1-8H,10-11H2. The van der Waals surface area contributed by atoms with E-state index < -0.39 is 30.8 Å². The highest BCUT2D eigenvalue weighted by Gasteiger charge is 2.14. The number of carbonyl (C=O) groups is 2. The van der Waals surface area contributed by atoms with Crippen molar-refractivity contribution in [2.24, 2.45) is 0 Å². The lowest BCUT2D eigenvalue weighted by atomic mass is 10.1. The van der Waals surface area contributed by atoms with Crippen LogP contribution in [0.15, 0.2) is 48.5 Å². The number of esters is 1. The molecule has 2 aromatic carbocycles. The molecule has 0 aliphatic rings. The molecule has 2 rings (SSSR count). The molecule has 0 bridgehead atoms. The molecule has 0 aliphatic heterocycles. The van der Waals surface area contributed by atoms with Gasteiger partial charge < -0.3 is 9.47 Å². The highest BCUT2D eigenvalue weighted by molar-refractivity contribution is 5.98. The maximum atomic E-state index is 13.4. The number of rotatable bonds is 6. The Balaban J connectivity index is 1.85. The first-order valence-electron chi connectivity index (χ1n) is 6.67. The van der Waals surface area contributed by atoms with Gasteiger partial charge in [0.1, 0.15) is 17.6 Å². The largest absolute Gasteiger partial charge is 0.481 e. The van der Waals surface area contributed by atoms with Crippen LogP contribution in [0.1, 0.15) is 15.9 Å². The van der Waals surface area contributed by atoms with Gasteiger partial charge in [0, 0.05) is 0 Å².